The van der Waals surface area contributed by atoms with Gasteiger partial charge in [0, 0.05) is 17.6 Å². The van der Waals surface area contributed by atoms with E-state index in [4.69, 9.17) is 0 Å². The Kier molecular flexibility index (Phi) is 4.76. The third-order valence-electron chi connectivity index (χ3n) is 3.64. The number of nitrogens with one attached hydrogen (secondary N) is 1. The van der Waals surface area contributed by atoms with Crippen LogP contribution in [0, 0.1) is 19.8 Å². The Morgan fingerprint density at radius 2 is 1.90 bits per heavy atom. The van der Waals surface area contributed by atoms with Crippen LogP contribution in [0.5, 0.6) is 0 Å². The van der Waals surface area contributed by atoms with Crippen LogP contribution < -0.4 is 4.72 Å². The van der Waals surface area contributed by atoms with E-state index in [0.29, 0.717) is 24.7 Å². The van der Waals surface area contributed by atoms with Crippen molar-refractivity contribution < 1.29 is 8.42 Å². The predicted octanol–water partition coefficient (Wildman–Crippen LogP) is 3.45. The van der Waals surface area contributed by atoms with Crippen LogP contribution in [0.1, 0.15) is 30.9 Å². The molecular formula is C14H21BrN2O2S. The number of nitrogens with zero attached hydrogens (tertiary/aromatic N) is 1. The molecule has 1 N–H and O–H groups in total. The average molecular weight is 361 g/mol. The second kappa shape index (κ2) is 6.03. The molecule has 0 aromatic heterocycles. The maximum atomic E-state index is 12.4. The van der Waals surface area contributed by atoms with Crippen molar-refractivity contribution in [3.05, 3.63) is 27.7 Å². The molecule has 6 heteroatoms. The first-order valence-electron chi connectivity index (χ1n) is 6.84. The minimum absolute atomic E-state index is 0.425. The molecule has 0 saturated carbocycles. The van der Waals surface area contributed by atoms with Crippen molar-refractivity contribution in [3.63, 3.8) is 0 Å². The van der Waals surface area contributed by atoms with Crippen LogP contribution in [0.4, 0.5) is 5.69 Å². The SMILES string of the molecule is Cc1cc(NS(=O)(=O)N2CCCC(C)C2)cc(C)c1Br. The van der Waals surface area contributed by atoms with E-state index in [1.165, 1.54) is 0 Å². The molecule has 1 fully saturated rings. The molecule has 20 heavy (non-hydrogen) atoms. The van der Waals surface area contributed by atoms with Gasteiger partial charge in [-0.2, -0.15) is 12.7 Å². The Bertz CT molecular complexity index is 578. The van der Waals surface area contributed by atoms with Crippen molar-refractivity contribution in [1.82, 2.24) is 4.31 Å². The van der Waals surface area contributed by atoms with Gasteiger partial charge in [-0.1, -0.05) is 22.9 Å². The van der Waals surface area contributed by atoms with Gasteiger partial charge in [-0.3, -0.25) is 4.72 Å². The van der Waals surface area contributed by atoms with E-state index >= 15 is 0 Å². The number of benzene rings is 1. The lowest BCUT2D eigenvalue weighted by Crippen LogP contribution is -2.42. The van der Waals surface area contributed by atoms with E-state index in [9.17, 15) is 8.42 Å². The quantitative estimate of drug-likeness (QED) is 0.897. The van der Waals surface area contributed by atoms with Crippen molar-refractivity contribution in [1.29, 1.82) is 0 Å². The Labute approximate surface area is 129 Å². The molecule has 1 aliphatic rings. The maximum Gasteiger partial charge on any atom is 0.301 e. The van der Waals surface area contributed by atoms with Crippen LogP contribution in [0.25, 0.3) is 0 Å². The summed E-state index contributed by atoms with van der Waals surface area (Å²) in [5.74, 6) is 0.425. The summed E-state index contributed by atoms with van der Waals surface area (Å²) < 4.78 is 30.1. The standard InChI is InChI=1S/C14H21BrN2O2S/c1-10-5-4-6-17(9-10)20(18,19)16-13-7-11(2)14(15)12(3)8-13/h7-8,10,16H,4-6,9H2,1-3H3. The third-order valence-corrected chi connectivity index (χ3v) is 6.40. The molecule has 4 nitrogen and oxygen atoms in total. The second-order valence-corrected chi connectivity index (χ2v) is 8.10. The van der Waals surface area contributed by atoms with Crippen LogP contribution >= 0.6 is 15.9 Å². The zero-order valence-corrected chi connectivity index (χ0v) is 14.5. The number of hydrogen-bond acceptors (Lipinski definition) is 2. The van der Waals surface area contributed by atoms with Gasteiger partial charge in [0.05, 0.1) is 5.69 Å². The van der Waals surface area contributed by atoms with Gasteiger partial charge in [0.15, 0.2) is 0 Å². The number of aryl methyl sites for hydroxylation is 2. The number of anilines is 1. The van der Waals surface area contributed by atoms with Crippen LogP contribution in [-0.2, 0) is 10.2 Å². The molecule has 1 aliphatic heterocycles. The molecule has 0 bridgehead atoms. The summed E-state index contributed by atoms with van der Waals surface area (Å²) in [7, 11) is -3.45. The normalized spacial score (nSPS) is 20.9. The average Bonchev–Trinajstić information content (AvgIpc) is 2.35. The first-order chi connectivity index (χ1) is 9.29. The van der Waals surface area contributed by atoms with Crippen molar-refractivity contribution in [2.24, 2.45) is 5.92 Å². The number of piperidine rings is 1. The summed E-state index contributed by atoms with van der Waals surface area (Å²) in [6, 6.07) is 3.70. The molecule has 112 valence electrons. The van der Waals surface area contributed by atoms with E-state index < -0.39 is 10.2 Å². The maximum absolute atomic E-state index is 12.4. The summed E-state index contributed by atoms with van der Waals surface area (Å²) in [5.41, 5.74) is 2.67. The van der Waals surface area contributed by atoms with Crippen LogP contribution in [0.15, 0.2) is 16.6 Å². The minimum Gasteiger partial charge on any atom is -0.271 e. The molecule has 1 atom stereocenters. The van der Waals surface area contributed by atoms with Crippen LogP contribution in [0.3, 0.4) is 0 Å². The summed E-state index contributed by atoms with van der Waals surface area (Å²) in [5, 5.41) is 0. The molecule has 0 amide bonds. The summed E-state index contributed by atoms with van der Waals surface area (Å²) >= 11 is 3.49. The summed E-state index contributed by atoms with van der Waals surface area (Å²) in [6.07, 6.45) is 2.03. The smallest absolute Gasteiger partial charge is 0.271 e. The zero-order chi connectivity index (χ0) is 14.9. The molecule has 0 radical (unpaired) electrons. The highest BCUT2D eigenvalue weighted by Crippen LogP contribution is 2.26. The highest BCUT2D eigenvalue weighted by molar-refractivity contribution is 9.10. The van der Waals surface area contributed by atoms with Crippen molar-refractivity contribution in [3.8, 4) is 0 Å². The third kappa shape index (κ3) is 3.54. The van der Waals surface area contributed by atoms with Gasteiger partial charge in [-0.15, -0.1) is 0 Å². The lowest BCUT2D eigenvalue weighted by molar-refractivity contribution is 0.282. The summed E-state index contributed by atoms with van der Waals surface area (Å²) in [6.45, 7) is 7.21. The minimum atomic E-state index is -3.45. The topological polar surface area (TPSA) is 49.4 Å². The van der Waals surface area contributed by atoms with Gasteiger partial charge in [0.1, 0.15) is 0 Å². The van der Waals surface area contributed by atoms with Crippen molar-refractivity contribution in [2.45, 2.75) is 33.6 Å². The fourth-order valence-electron chi connectivity index (χ4n) is 2.58. The van der Waals surface area contributed by atoms with Crippen LogP contribution in [-0.4, -0.2) is 25.8 Å². The molecule has 1 aromatic carbocycles. The van der Waals surface area contributed by atoms with Gasteiger partial charge in [-0.05, 0) is 55.9 Å². The first kappa shape index (κ1) is 15.8. The fraction of sp³-hybridized carbons (Fsp3) is 0.571. The first-order valence-corrected chi connectivity index (χ1v) is 9.07. The molecule has 0 spiro atoms. The number of hydrogen-bond donors (Lipinski definition) is 1. The molecule has 1 aromatic rings. The fourth-order valence-corrected chi connectivity index (χ4v) is 4.18. The van der Waals surface area contributed by atoms with Gasteiger partial charge in [-0.25, -0.2) is 0 Å². The largest absolute Gasteiger partial charge is 0.301 e. The van der Waals surface area contributed by atoms with E-state index in [0.717, 1.165) is 28.4 Å². The Morgan fingerprint density at radius 3 is 2.45 bits per heavy atom. The molecule has 0 aliphatic carbocycles. The lowest BCUT2D eigenvalue weighted by Gasteiger charge is -2.30. The molecular weight excluding hydrogens is 340 g/mol. The monoisotopic (exact) mass is 360 g/mol. The molecule has 1 heterocycles. The van der Waals surface area contributed by atoms with Crippen molar-refractivity contribution >= 4 is 31.8 Å². The van der Waals surface area contributed by atoms with E-state index in [-0.39, 0.29) is 0 Å². The van der Waals surface area contributed by atoms with E-state index in [2.05, 4.69) is 27.6 Å². The predicted molar refractivity (Wildman–Crippen MR) is 86.1 cm³/mol. The molecule has 1 saturated heterocycles. The van der Waals surface area contributed by atoms with Crippen molar-refractivity contribution in [2.75, 3.05) is 17.8 Å². The van der Waals surface area contributed by atoms with Gasteiger partial charge in [0.25, 0.3) is 0 Å². The van der Waals surface area contributed by atoms with Crippen LogP contribution in [0.2, 0.25) is 0 Å². The highest BCUT2D eigenvalue weighted by Gasteiger charge is 2.27. The molecule has 2 rings (SSSR count). The highest BCUT2D eigenvalue weighted by atomic mass is 79.9. The Balaban J connectivity index is 2.20. The lowest BCUT2D eigenvalue weighted by atomic mass is 10.0. The number of halogens is 1. The Hall–Kier alpha value is -0.590. The van der Waals surface area contributed by atoms with Gasteiger partial charge >= 0.3 is 10.2 Å². The summed E-state index contributed by atoms with van der Waals surface area (Å²) in [4.78, 5) is 0. The Morgan fingerprint density at radius 1 is 1.30 bits per heavy atom. The van der Waals surface area contributed by atoms with E-state index in [1.54, 1.807) is 4.31 Å². The van der Waals surface area contributed by atoms with E-state index in [1.807, 2.05) is 26.0 Å². The second-order valence-electron chi connectivity index (χ2n) is 5.64. The van der Waals surface area contributed by atoms with Gasteiger partial charge in [0.2, 0.25) is 0 Å². The zero-order valence-electron chi connectivity index (χ0n) is 12.1. The number of rotatable bonds is 3. The van der Waals surface area contributed by atoms with Gasteiger partial charge < -0.3 is 0 Å². The molecule has 1 unspecified atom stereocenters.